The van der Waals surface area contributed by atoms with E-state index in [1.165, 1.54) is 230 Å². The summed E-state index contributed by atoms with van der Waals surface area (Å²) in [6.07, 6.45) is 0. The second-order valence-electron chi connectivity index (χ2n) is 32.5. The zero-order chi connectivity index (χ0) is 75.9. The maximum absolute atomic E-state index is 2.49. The van der Waals surface area contributed by atoms with E-state index in [4.69, 9.17) is 0 Å². The van der Waals surface area contributed by atoms with Crippen LogP contribution in [-0.4, -0.2) is 0 Å². The van der Waals surface area contributed by atoms with E-state index < -0.39 is 0 Å². The lowest BCUT2D eigenvalue weighted by Gasteiger charge is -2.23. The van der Waals surface area contributed by atoms with Crippen LogP contribution in [0.25, 0.3) is 208 Å². The Bertz CT molecular complexity index is 7590. The van der Waals surface area contributed by atoms with Crippen molar-refractivity contribution in [1.82, 2.24) is 0 Å². The molecular formula is C114H78. The molecule has 0 aromatic heterocycles. The van der Waals surface area contributed by atoms with Crippen LogP contribution in [0.3, 0.4) is 0 Å². The molecule has 2 aliphatic carbocycles. The highest BCUT2D eigenvalue weighted by Crippen LogP contribution is 2.55. The highest BCUT2D eigenvalue weighted by atomic mass is 14.4. The Hall–Kier alpha value is -14.0. The van der Waals surface area contributed by atoms with Gasteiger partial charge >= 0.3 is 0 Å². The normalized spacial score (nSPS) is 13.1. The molecule has 0 N–H and O–H groups in total. The maximum atomic E-state index is 2.49. The van der Waals surface area contributed by atoms with Crippen molar-refractivity contribution in [3.05, 3.63) is 423 Å². The first kappa shape index (κ1) is 66.9. The second kappa shape index (κ2) is 26.3. The van der Waals surface area contributed by atoms with Crippen molar-refractivity contribution in [1.29, 1.82) is 0 Å². The molecule has 0 spiro atoms. The Morgan fingerprint density at radius 1 is 0.132 bits per heavy atom. The average Bonchev–Trinajstić information content (AvgIpc) is 0.964. The molecule has 0 saturated heterocycles. The van der Waals surface area contributed by atoms with Gasteiger partial charge in [0.25, 0.3) is 0 Å². The lowest BCUT2D eigenvalue weighted by atomic mass is 9.80. The van der Waals surface area contributed by atoms with Gasteiger partial charge in [0.2, 0.25) is 0 Å². The molecule has 534 valence electrons. The molecule has 0 atom stereocenters. The van der Waals surface area contributed by atoms with Crippen LogP contribution in [0.1, 0.15) is 49.9 Å². The molecule has 2 aliphatic rings. The van der Waals surface area contributed by atoms with Gasteiger partial charge in [-0.2, -0.15) is 0 Å². The molecule has 0 fully saturated rings. The van der Waals surface area contributed by atoms with Crippen molar-refractivity contribution in [3.8, 4) is 111 Å². The predicted octanol–water partition coefficient (Wildman–Crippen LogP) is 31.7. The monoisotopic (exact) mass is 1450 g/mol. The van der Waals surface area contributed by atoms with Crippen LogP contribution in [0.2, 0.25) is 0 Å². The number of rotatable bonds is 8. The van der Waals surface area contributed by atoms with Gasteiger partial charge in [0.15, 0.2) is 0 Å². The van der Waals surface area contributed by atoms with Gasteiger partial charge in [0.05, 0.1) is 0 Å². The zero-order valence-corrected chi connectivity index (χ0v) is 64.1. The molecule has 21 aromatic carbocycles. The van der Waals surface area contributed by atoms with Crippen LogP contribution >= 0.6 is 0 Å². The van der Waals surface area contributed by atoms with Crippen molar-refractivity contribution < 1.29 is 0 Å². The summed E-state index contributed by atoms with van der Waals surface area (Å²) in [6.45, 7) is 9.51. The maximum Gasteiger partial charge on any atom is 0.0159 e. The molecule has 0 heterocycles. The lowest BCUT2D eigenvalue weighted by Crippen LogP contribution is -2.14. The van der Waals surface area contributed by atoms with Crippen molar-refractivity contribution in [3.63, 3.8) is 0 Å². The first-order valence-corrected chi connectivity index (χ1v) is 40.1. The van der Waals surface area contributed by atoms with Crippen LogP contribution in [-0.2, 0) is 10.8 Å². The Kier molecular flexibility index (Phi) is 15.4. The number of hydrogen-bond donors (Lipinski definition) is 0. The van der Waals surface area contributed by atoms with E-state index in [-0.39, 0.29) is 10.8 Å². The predicted molar refractivity (Wildman–Crippen MR) is 489 cm³/mol. The molecule has 0 nitrogen and oxygen atoms in total. The van der Waals surface area contributed by atoms with Crippen LogP contribution in [0.15, 0.2) is 400 Å². The van der Waals surface area contributed by atoms with E-state index >= 15 is 0 Å². The summed E-state index contributed by atoms with van der Waals surface area (Å²) < 4.78 is 0. The molecule has 21 aromatic rings. The Balaban J connectivity index is 0.000000139. The number of fused-ring (bicyclic) bond motifs is 15. The van der Waals surface area contributed by atoms with Crippen molar-refractivity contribution >= 4 is 97.0 Å². The zero-order valence-electron chi connectivity index (χ0n) is 64.1. The molecule has 0 amide bonds. The number of benzene rings is 21. The summed E-state index contributed by atoms with van der Waals surface area (Å²) in [5.74, 6) is 0. The largest absolute Gasteiger partial charge is 0.0622 e. The summed E-state index contributed by atoms with van der Waals surface area (Å²) >= 11 is 0. The minimum Gasteiger partial charge on any atom is -0.0622 e. The van der Waals surface area contributed by atoms with Gasteiger partial charge in [-0.3, -0.25) is 0 Å². The third-order valence-electron chi connectivity index (χ3n) is 25.4. The van der Waals surface area contributed by atoms with Crippen LogP contribution in [0.5, 0.6) is 0 Å². The average molecular weight is 1450 g/mol. The smallest absolute Gasteiger partial charge is 0.0159 e. The Morgan fingerprint density at radius 3 is 0.895 bits per heavy atom. The highest BCUT2D eigenvalue weighted by molar-refractivity contribution is 6.26. The fraction of sp³-hybridized carbons (Fsp3) is 0.0526. The molecule has 0 unspecified atom stereocenters. The second-order valence-corrected chi connectivity index (χ2v) is 32.5. The summed E-state index contributed by atoms with van der Waals surface area (Å²) in [5, 5.41) is 22.7. The molecule has 0 saturated carbocycles. The fourth-order valence-electron chi connectivity index (χ4n) is 19.7. The van der Waals surface area contributed by atoms with Crippen molar-refractivity contribution in [2.45, 2.75) is 38.5 Å². The summed E-state index contributed by atoms with van der Waals surface area (Å²) in [6, 6.07) is 150. The van der Waals surface area contributed by atoms with Gasteiger partial charge in [-0.15, -0.1) is 0 Å². The lowest BCUT2D eigenvalue weighted by molar-refractivity contribution is 0.660. The van der Waals surface area contributed by atoms with Crippen molar-refractivity contribution in [2.75, 3.05) is 0 Å². The standard InChI is InChI=1S/C59H40.C55H38/c1-59(2)55-22-12-11-19-48(55)49-29-28-44(36-56(49)59)57-50-20-9-10-21-51(50)58(53-30-27-42(35-54(53)57)41-25-23-37-13-3-5-15-39(37)33-41)52-32-31-45(46-17-7-8-18-47(46)52)43-26-24-38-14-4-6-16-40(38)34-43;1-55(2)51-19-11-10-16-45(51)46-28-27-44(34-52(46)55)54-48-18-9-8-17-47(48)53(43-25-24-39-31-38(22-23-41(39)32-43)35-12-4-3-5-13-35)49-29-26-42(33-50(49)54)40-21-20-36-14-6-7-15-37(36)30-40/h3-36H,1-2H3;3-34H,1-2H3. The van der Waals surface area contributed by atoms with Crippen LogP contribution in [0, 0.1) is 0 Å². The van der Waals surface area contributed by atoms with E-state index in [0.29, 0.717) is 0 Å². The first-order chi connectivity index (χ1) is 56.0. The van der Waals surface area contributed by atoms with Crippen LogP contribution < -0.4 is 0 Å². The van der Waals surface area contributed by atoms with E-state index in [0.717, 1.165) is 0 Å². The molecule has 0 radical (unpaired) electrons. The third kappa shape index (κ3) is 10.8. The van der Waals surface area contributed by atoms with Gasteiger partial charge in [-0.05, 0) is 285 Å². The minimum atomic E-state index is -0.102. The molecular weight excluding hydrogens is 1370 g/mol. The molecule has 0 heteroatoms. The van der Waals surface area contributed by atoms with Gasteiger partial charge < -0.3 is 0 Å². The van der Waals surface area contributed by atoms with Crippen LogP contribution in [0.4, 0.5) is 0 Å². The quantitative estimate of drug-likeness (QED) is 0.133. The fourth-order valence-corrected chi connectivity index (χ4v) is 19.7. The van der Waals surface area contributed by atoms with E-state index in [1.807, 2.05) is 0 Å². The number of hydrogen-bond acceptors (Lipinski definition) is 0. The van der Waals surface area contributed by atoms with Gasteiger partial charge in [0, 0.05) is 10.8 Å². The summed E-state index contributed by atoms with van der Waals surface area (Å²) in [7, 11) is 0. The molecule has 0 aliphatic heterocycles. The Morgan fingerprint density at radius 2 is 0.404 bits per heavy atom. The van der Waals surface area contributed by atoms with Gasteiger partial charge in [0.1, 0.15) is 0 Å². The molecule has 114 heavy (non-hydrogen) atoms. The van der Waals surface area contributed by atoms with E-state index in [9.17, 15) is 0 Å². The first-order valence-electron chi connectivity index (χ1n) is 40.1. The summed E-state index contributed by atoms with van der Waals surface area (Å²) in [4.78, 5) is 0. The topological polar surface area (TPSA) is 0 Å². The Labute approximate surface area is 664 Å². The SMILES string of the molecule is CC1(C)c2ccccc2-c2ccc(-c3c4ccccc4c(-c4ccc(-c5ccc6ccccc6c5)c5ccccc45)c4ccc(-c5ccc6ccccc6c5)cc34)cc21.CC1(C)c2ccccc2-c2ccc(-c3c4ccccc4c(-c4ccc5cc(-c6ccccc6)ccc5c4)c4ccc(-c5ccc6ccccc6c5)cc34)cc21. The van der Waals surface area contributed by atoms with E-state index in [2.05, 4.69) is 428 Å². The van der Waals surface area contributed by atoms with Gasteiger partial charge in [-0.1, -0.05) is 373 Å². The molecule has 0 bridgehead atoms. The third-order valence-corrected chi connectivity index (χ3v) is 25.4. The van der Waals surface area contributed by atoms with Crippen molar-refractivity contribution in [2.24, 2.45) is 0 Å². The van der Waals surface area contributed by atoms with E-state index in [1.54, 1.807) is 0 Å². The highest BCUT2D eigenvalue weighted by Gasteiger charge is 2.37. The minimum absolute atomic E-state index is 0.0881. The summed E-state index contributed by atoms with van der Waals surface area (Å²) in [5.41, 5.74) is 30.8. The van der Waals surface area contributed by atoms with Gasteiger partial charge in [-0.25, -0.2) is 0 Å². The molecule has 23 rings (SSSR count).